The van der Waals surface area contributed by atoms with Crippen molar-refractivity contribution in [2.45, 2.75) is 6.54 Å². The summed E-state index contributed by atoms with van der Waals surface area (Å²) in [6.07, 6.45) is 0. The fourth-order valence-corrected chi connectivity index (χ4v) is 1.75. The minimum atomic E-state index is -0.884. The summed E-state index contributed by atoms with van der Waals surface area (Å²) in [7, 11) is 0. The Labute approximate surface area is 126 Å². The molecule has 2 amide bonds. The number of nitriles is 1. The third-order valence-electron chi connectivity index (χ3n) is 2.85. The standard InChI is InChI=1S/C16H12FN3O2/c17-14-7-2-1-5-12(14)10-19-15(21)16(22)20-13-6-3-4-11(8-13)9-18/h1-8H,10H2,(H,19,21)(H,20,22). The number of halogens is 1. The lowest BCUT2D eigenvalue weighted by molar-refractivity contribution is -0.136. The summed E-state index contributed by atoms with van der Waals surface area (Å²) in [6, 6.07) is 14.1. The van der Waals surface area contributed by atoms with Gasteiger partial charge in [0.1, 0.15) is 5.82 Å². The van der Waals surface area contributed by atoms with Gasteiger partial charge in [0.05, 0.1) is 11.6 Å². The third kappa shape index (κ3) is 3.90. The number of nitrogens with zero attached hydrogens (tertiary/aromatic N) is 1. The molecule has 0 aliphatic carbocycles. The Bertz CT molecular complexity index is 753. The van der Waals surface area contributed by atoms with Crippen LogP contribution < -0.4 is 10.6 Å². The van der Waals surface area contributed by atoms with Gasteiger partial charge >= 0.3 is 11.8 Å². The van der Waals surface area contributed by atoms with Crippen molar-refractivity contribution in [3.8, 4) is 6.07 Å². The number of carbonyl (C=O) groups is 2. The maximum Gasteiger partial charge on any atom is 0.313 e. The van der Waals surface area contributed by atoms with Gasteiger partial charge in [-0.25, -0.2) is 4.39 Å². The van der Waals surface area contributed by atoms with Gasteiger partial charge in [-0.1, -0.05) is 24.3 Å². The van der Waals surface area contributed by atoms with Crippen LogP contribution >= 0.6 is 0 Å². The van der Waals surface area contributed by atoms with Gasteiger partial charge in [0.25, 0.3) is 0 Å². The average Bonchev–Trinajstić information content (AvgIpc) is 2.54. The third-order valence-corrected chi connectivity index (χ3v) is 2.85. The van der Waals surface area contributed by atoms with Crippen molar-refractivity contribution in [2.75, 3.05) is 5.32 Å². The fourth-order valence-electron chi connectivity index (χ4n) is 1.75. The van der Waals surface area contributed by atoms with E-state index in [1.165, 1.54) is 24.3 Å². The molecule has 0 spiro atoms. The Morgan fingerprint density at radius 2 is 1.86 bits per heavy atom. The van der Waals surface area contributed by atoms with Crippen LogP contribution in [-0.2, 0) is 16.1 Å². The van der Waals surface area contributed by atoms with E-state index in [2.05, 4.69) is 10.6 Å². The highest BCUT2D eigenvalue weighted by Crippen LogP contribution is 2.09. The second kappa shape index (κ2) is 6.99. The summed E-state index contributed by atoms with van der Waals surface area (Å²) >= 11 is 0. The molecule has 22 heavy (non-hydrogen) atoms. The SMILES string of the molecule is N#Cc1cccc(NC(=O)C(=O)NCc2ccccc2F)c1. The van der Waals surface area contributed by atoms with Crippen LogP contribution in [0.5, 0.6) is 0 Å². The Morgan fingerprint density at radius 3 is 2.59 bits per heavy atom. The molecule has 2 aromatic carbocycles. The molecule has 2 aromatic rings. The van der Waals surface area contributed by atoms with Crippen LogP contribution in [0.1, 0.15) is 11.1 Å². The number of benzene rings is 2. The Morgan fingerprint density at radius 1 is 1.09 bits per heavy atom. The molecule has 2 rings (SSSR count). The van der Waals surface area contributed by atoms with Crippen LogP contribution in [-0.4, -0.2) is 11.8 Å². The molecule has 0 aromatic heterocycles. The summed E-state index contributed by atoms with van der Waals surface area (Å²) in [5, 5.41) is 13.5. The van der Waals surface area contributed by atoms with Gasteiger partial charge in [0.2, 0.25) is 0 Å². The predicted octanol–water partition coefficient (Wildman–Crippen LogP) is 1.95. The van der Waals surface area contributed by atoms with Gasteiger partial charge in [0.15, 0.2) is 0 Å². The Kier molecular flexibility index (Phi) is 4.83. The fraction of sp³-hybridized carbons (Fsp3) is 0.0625. The van der Waals surface area contributed by atoms with Crippen molar-refractivity contribution in [1.29, 1.82) is 5.26 Å². The molecular weight excluding hydrogens is 285 g/mol. The smallest absolute Gasteiger partial charge is 0.313 e. The summed E-state index contributed by atoms with van der Waals surface area (Å²) in [6.45, 7) is -0.0861. The number of anilines is 1. The molecule has 0 saturated carbocycles. The van der Waals surface area contributed by atoms with E-state index in [9.17, 15) is 14.0 Å². The number of hydrogen-bond donors (Lipinski definition) is 2. The molecule has 5 nitrogen and oxygen atoms in total. The summed E-state index contributed by atoms with van der Waals surface area (Å²) < 4.78 is 13.4. The van der Waals surface area contributed by atoms with E-state index in [0.29, 0.717) is 11.3 Å². The van der Waals surface area contributed by atoms with Gasteiger partial charge in [0, 0.05) is 17.8 Å². The number of hydrogen-bond acceptors (Lipinski definition) is 3. The van der Waals surface area contributed by atoms with E-state index in [0.717, 1.165) is 0 Å². The van der Waals surface area contributed by atoms with E-state index < -0.39 is 17.6 Å². The molecule has 0 fully saturated rings. The van der Waals surface area contributed by atoms with Crippen molar-refractivity contribution >= 4 is 17.5 Å². The normalized spacial score (nSPS) is 9.64. The number of carbonyl (C=O) groups excluding carboxylic acids is 2. The van der Waals surface area contributed by atoms with Crippen LogP contribution in [0, 0.1) is 17.1 Å². The molecular formula is C16H12FN3O2. The maximum atomic E-state index is 13.4. The van der Waals surface area contributed by atoms with Gasteiger partial charge in [-0.15, -0.1) is 0 Å². The summed E-state index contributed by atoms with van der Waals surface area (Å²) in [5.74, 6) is -2.22. The number of nitrogens with one attached hydrogen (secondary N) is 2. The highest BCUT2D eigenvalue weighted by molar-refractivity contribution is 6.39. The molecule has 0 heterocycles. The lowest BCUT2D eigenvalue weighted by atomic mass is 10.2. The zero-order chi connectivity index (χ0) is 15.9. The molecule has 0 radical (unpaired) electrons. The van der Waals surface area contributed by atoms with Crippen LogP contribution in [0.25, 0.3) is 0 Å². The molecule has 0 unspecified atom stereocenters. The zero-order valence-electron chi connectivity index (χ0n) is 11.5. The first kappa shape index (κ1) is 15.2. The molecule has 0 aliphatic heterocycles. The first-order chi connectivity index (χ1) is 10.6. The van der Waals surface area contributed by atoms with Crippen LogP contribution in [0.4, 0.5) is 10.1 Å². The quantitative estimate of drug-likeness (QED) is 0.850. The highest BCUT2D eigenvalue weighted by atomic mass is 19.1. The minimum absolute atomic E-state index is 0.0861. The van der Waals surface area contributed by atoms with E-state index >= 15 is 0 Å². The van der Waals surface area contributed by atoms with Crippen molar-refractivity contribution in [3.05, 3.63) is 65.5 Å². The van der Waals surface area contributed by atoms with Gasteiger partial charge in [-0.3, -0.25) is 9.59 Å². The largest absolute Gasteiger partial charge is 0.344 e. The topological polar surface area (TPSA) is 82.0 Å². The number of amides is 2. The van der Waals surface area contributed by atoms with Gasteiger partial charge in [-0.2, -0.15) is 5.26 Å². The van der Waals surface area contributed by atoms with E-state index in [-0.39, 0.29) is 12.1 Å². The van der Waals surface area contributed by atoms with Crippen molar-refractivity contribution in [1.82, 2.24) is 5.32 Å². The molecule has 0 aliphatic rings. The van der Waals surface area contributed by atoms with Crippen molar-refractivity contribution in [3.63, 3.8) is 0 Å². The van der Waals surface area contributed by atoms with E-state index in [4.69, 9.17) is 5.26 Å². The molecule has 0 bridgehead atoms. The predicted molar refractivity (Wildman–Crippen MR) is 78.0 cm³/mol. The van der Waals surface area contributed by atoms with Gasteiger partial charge < -0.3 is 10.6 Å². The van der Waals surface area contributed by atoms with Crippen LogP contribution in [0.3, 0.4) is 0 Å². The second-order valence-corrected chi connectivity index (χ2v) is 4.42. The molecule has 0 atom stereocenters. The molecule has 6 heteroatoms. The summed E-state index contributed by atoms with van der Waals surface area (Å²) in [5.41, 5.74) is 0.991. The van der Waals surface area contributed by atoms with Crippen molar-refractivity contribution in [2.24, 2.45) is 0 Å². The highest BCUT2D eigenvalue weighted by Gasteiger charge is 2.14. The molecule has 2 N–H and O–H groups in total. The van der Waals surface area contributed by atoms with Crippen molar-refractivity contribution < 1.29 is 14.0 Å². The van der Waals surface area contributed by atoms with Crippen LogP contribution in [0.15, 0.2) is 48.5 Å². The average molecular weight is 297 g/mol. The lowest BCUT2D eigenvalue weighted by Crippen LogP contribution is -2.35. The Hall–Kier alpha value is -3.20. The second-order valence-electron chi connectivity index (χ2n) is 4.42. The maximum absolute atomic E-state index is 13.4. The molecule has 0 saturated heterocycles. The number of rotatable bonds is 3. The monoisotopic (exact) mass is 297 g/mol. The van der Waals surface area contributed by atoms with E-state index in [1.54, 1.807) is 24.3 Å². The first-order valence-electron chi connectivity index (χ1n) is 6.43. The first-order valence-corrected chi connectivity index (χ1v) is 6.43. The lowest BCUT2D eigenvalue weighted by Gasteiger charge is -2.07. The summed E-state index contributed by atoms with van der Waals surface area (Å²) in [4.78, 5) is 23.4. The minimum Gasteiger partial charge on any atom is -0.344 e. The van der Waals surface area contributed by atoms with Gasteiger partial charge in [-0.05, 0) is 24.3 Å². The Balaban J connectivity index is 1.94. The molecule has 110 valence electrons. The van der Waals surface area contributed by atoms with Crippen LogP contribution in [0.2, 0.25) is 0 Å². The zero-order valence-corrected chi connectivity index (χ0v) is 11.5. The van der Waals surface area contributed by atoms with E-state index in [1.807, 2.05) is 6.07 Å².